The molecule has 1 aromatic carbocycles. The van der Waals surface area contributed by atoms with Crippen molar-refractivity contribution in [2.45, 2.75) is 82.2 Å². The maximum absolute atomic E-state index is 15.0. The molecule has 38 heavy (non-hydrogen) atoms. The Balaban J connectivity index is 1.28. The first-order chi connectivity index (χ1) is 18.5. The second-order valence-electron chi connectivity index (χ2n) is 11.0. The molecule has 3 heterocycles. The number of pyridine rings is 1. The fourth-order valence-corrected chi connectivity index (χ4v) is 7.64. The van der Waals surface area contributed by atoms with Crippen molar-refractivity contribution in [2.24, 2.45) is 5.92 Å². The number of benzene rings is 1. The topological polar surface area (TPSA) is 57.3 Å². The van der Waals surface area contributed by atoms with Gasteiger partial charge in [-0.1, -0.05) is 48.9 Å². The summed E-state index contributed by atoms with van der Waals surface area (Å²) in [6.07, 6.45) is 12.2. The Hall–Kier alpha value is -1.74. The van der Waals surface area contributed by atoms with Gasteiger partial charge >= 0.3 is 0 Å². The molecule has 1 amide bonds. The molecule has 2 saturated heterocycles. The molecule has 3 unspecified atom stereocenters. The molecule has 4 atom stereocenters. The summed E-state index contributed by atoms with van der Waals surface area (Å²) in [5, 5.41) is 6.69. The molecule has 0 spiro atoms. The number of nitrogens with zero attached hydrogens (tertiary/aromatic N) is 2. The van der Waals surface area contributed by atoms with Crippen molar-refractivity contribution in [2.75, 3.05) is 24.2 Å². The number of carbonyl (C=O) groups is 1. The van der Waals surface area contributed by atoms with Crippen LogP contribution in [-0.2, 0) is 11.2 Å². The van der Waals surface area contributed by atoms with E-state index in [0.29, 0.717) is 35.7 Å². The molecular formula is C29H37ClF2N4OS. The second-order valence-corrected chi connectivity index (χ2v) is 12.5. The standard InChI is InChI=1S/C29H37ClF2N4OS/c30-25-11-8-20(13-26(25)31)24(19-5-2-1-3-6-19)14-29(37)35-28-17-33-16-27(32)23(28)10-9-22-15-34-21-7-4-12-38-36(22)18-21/h8,11,13,16-17,19,21-22,24,34H,1-7,9-10,12,14-15,18H2,(H,35,37)/t21-,22?,24?/m1/s1. The molecule has 2 aromatic rings. The Morgan fingerprint density at radius 3 is 2.82 bits per heavy atom. The fourth-order valence-electron chi connectivity index (χ4n) is 6.32. The number of amides is 1. The lowest BCUT2D eigenvalue weighted by Crippen LogP contribution is -2.53. The molecular weight excluding hydrogens is 526 g/mol. The highest BCUT2D eigenvalue weighted by Crippen LogP contribution is 2.39. The highest BCUT2D eigenvalue weighted by atomic mass is 35.5. The molecule has 1 saturated carbocycles. The molecule has 1 aromatic heterocycles. The normalized spacial score (nSPS) is 25.0. The molecule has 5 rings (SSSR count). The number of aromatic nitrogens is 1. The SMILES string of the molecule is O=C(CC(c1ccc(Cl)c(F)c1)C1CCCCC1)Nc1cncc(F)c1CCC1CN[C@@H]2CCCSN1C2. The van der Waals surface area contributed by atoms with Crippen LogP contribution in [0.5, 0.6) is 0 Å². The maximum atomic E-state index is 15.0. The number of halogens is 3. The first-order valence-electron chi connectivity index (χ1n) is 14.0. The summed E-state index contributed by atoms with van der Waals surface area (Å²) in [6.45, 7) is 1.92. The average Bonchev–Trinajstić information content (AvgIpc) is 3.11. The minimum atomic E-state index is -0.465. The van der Waals surface area contributed by atoms with Crippen LogP contribution < -0.4 is 10.6 Å². The zero-order chi connectivity index (χ0) is 26.5. The van der Waals surface area contributed by atoms with Gasteiger partial charge in [-0.15, -0.1) is 0 Å². The van der Waals surface area contributed by atoms with Gasteiger partial charge in [0, 0.05) is 42.9 Å². The van der Waals surface area contributed by atoms with Gasteiger partial charge in [0.2, 0.25) is 5.91 Å². The predicted molar refractivity (Wildman–Crippen MR) is 150 cm³/mol. The molecule has 9 heteroatoms. The highest BCUT2D eigenvalue weighted by molar-refractivity contribution is 7.97. The average molecular weight is 563 g/mol. The van der Waals surface area contributed by atoms with E-state index in [0.717, 1.165) is 56.5 Å². The number of rotatable bonds is 8. The first kappa shape index (κ1) is 27.8. The summed E-state index contributed by atoms with van der Waals surface area (Å²) in [6, 6.07) is 5.73. The molecule has 2 bridgehead atoms. The van der Waals surface area contributed by atoms with Crippen molar-refractivity contribution in [3.63, 3.8) is 0 Å². The Kier molecular flexibility index (Phi) is 9.57. The van der Waals surface area contributed by atoms with E-state index in [1.165, 1.54) is 31.5 Å². The fraction of sp³-hybridized carbons (Fsp3) is 0.586. The minimum absolute atomic E-state index is 0.0818. The lowest BCUT2D eigenvalue weighted by molar-refractivity contribution is -0.116. The molecule has 2 N–H and O–H groups in total. The molecule has 3 fully saturated rings. The van der Waals surface area contributed by atoms with Crippen LogP contribution in [0.25, 0.3) is 0 Å². The van der Waals surface area contributed by atoms with Crippen LogP contribution in [-0.4, -0.2) is 46.1 Å². The number of fused-ring (bicyclic) bond motifs is 2. The smallest absolute Gasteiger partial charge is 0.225 e. The third kappa shape index (κ3) is 6.87. The lowest BCUT2D eigenvalue weighted by Gasteiger charge is -2.37. The predicted octanol–water partition coefficient (Wildman–Crippen LogP) is 6.72. The summed E-state index contributed by atoms with van der Waals surface area (Å²) in [5.74, 6) is 0.251. The summed E-state index contributed by atoms with van der Waals surface area (Å²) >= 11 is 7.84. The van der Waals surface area contributed by atoms with Crippen LogP contribution in [0.15, 0.2) is 30.6 Å². The van der Waals surface area contributed by atoms with E-state index < -0.39 is 11.6 Å². The molecule has 1 aliphatic carbocycles. The number of hydrogen-bond donors (Lipinski definition) is 2. The van der Waals surface area contributed by atoms with Gasteiger partial charge in [-0.25, -0.2) is 13.1 Å². The number of hydrogen-bond acceptors (Lipinski definition) is 5. The summed E-state index contributed by atoms with van der Waals surface area (Å²) in [7, 11) is 0. The second kappa shape index (κ2) is 13.1. The van der Waals surface area contributed by atoms with Gasteiger partial charge in [0.15, 0.2) is 0 Å². The Morgan fingerprint density at radius 1 is 1.16 bits per heavy atom. The van der Waals surface area contributed by atoms with Crippen molar-refractivity contribution < 1.29 is 13.6 Å². The van der Waals surface area contributed by atoms with Gasteiger partial charge in [0.25, 0.3) is 0 Å². The van der Waals surface area contributed by atoms with Gasteiger partial charge in [-0.2, -0.15) is 0 Å². The van der Waals surface area contributed by atoms with E-state index in [-0.39, 0.29) is 23.3 Å². The number of nitrogens with one attached hydrogen (secondary N) is 2. The third-order valence-electron chi connectivity index (χ3n) is 8.41. The number of piperazine rings is 1. The first-order valence-corrected chi connectivity index (χ1v) is 15.3. The highest BCUT2D eigenvalue weighted by Gasteiger charge is 2.31. The van der Waals surface area contributed by atoms with Crippen LogP contribution in [0.1, 0.15) is 74.8 Å². The zero-order valence-corrected chi connectivity index (χ0v) is 23.3. The van der Waals surface area contributed by atoms with E-state index in [2.05, 4.69) is 19.9 Å². The van der Waals surface area contributed by atoms with Gasteiger partial charge in [0.1, 0.15) is 11.6 Å². The third-order valence-corrected chi connectivity index (χ3v) is 9.96. The quantitative estimate of drug-likeness (QED) is 0.350. The largest absolute Gasteiger partial charge is 0.324 e. The Bertz CT molecular complexity index is 1120. The molecule has 0 radical (unpaired) electrons. The number of carbonyl (C=O) groups excluding carboxylic acids is 1. The summed E-state index contributed by atoms with van der Waals surface area (Å²) < 4.78 is 31.8. The zero-order valence-electron chi connectivity index (χ0n) is 21.7. The number of anilines is 1. The minimum Gasteiger partial charge on any atom is -0.324 e. The summed E-state index contributed by atoms with van der Waals surface area (Å²) in [5.41, 5.74) is 1.73. The lowest BCUT2D eigenvalue weighted by atomic mass is 9.75. The van der Waals surface area contributed by atoms with E-state index in [1.807, 2.05) is 18.0 Å². The summed E-state index contributed by atoms with van der Waals surface area (Å²) in [4.78, 5) is 17.4. The van der Waals surface area contributed by atoms with E-state index >= 15 is 0 Å². The molecule has 3 aliphatic rings. The van der Waals surface area contributed by atoms with E-state index in [9.17, 15) is 13.6 Å². The molecule has 2 aliphatic heterocycles. The Labute approximate surface area is 233 Å². The van der Waals surface area contributed by atoms with Gasteiger partial charge in [-0.05, 0) is 68.1 Å². The Morgan fingerprint density at radius 2 is 2.00 bits per heavy atom. The van der Waals surface area contributed by atoms with Crippen LogP contribution in [0.3, 0.4) is 0 Å². The van der Waals surface area contributed by atoms with Crippen LogP contribution in [0.4, 0.5) is 14.5 Å². The van der Waals surface area contributed by atoms with E-state index in [1.54, 1.807) is 12.3 Å². The van der Waals surface area contributed by atoms with E-state index in [4.69, 9.17) is 11.6 Å². The molecule has 5 nitrogen and oxygen atoms in total. The maximum Gasteiger partial charge on any atom is 0.225 e. The van der Waals surface area contributed by atoms with Gasteiger partial charge in [0.05, 0.1) is 23.1 Å². The van der Waals surface area contributed by atoms with Crippen molar-refractivity contribution in [1.29, 1.82) is 0 Å². The van der Waals surface area contributed by atoms with Crippen molar-refractivity contribution >= 4 is 35.1 Å². The van der Waals surface area contributed by atoms with Crippen LogP contribution in [0, 0.1) is 17.6 Å². The van der Waals surface area contributed by atoms with Crippen molar-refractivity contribution in [3.05, 3.63) is 58.4 Å². The van der Waals surface area contributed by atoms with Crippen LogP contribution in [0.2, 0.25) is 5.02 Å². The van der Waals surface area contributed by atoms with Crippen molar-refractivity contribution in [3.8, 4) is 0 Å². The molecule has 206 valence electrons. The van der Waals surface area contributed by atoms with Gasteiger partial charge in [-0.3, -0.25) is 9.78 Å². The van der Waals surface area contributed by atoms with Crippen LogP contribution >= 0.6 is 23.5 Å². The van der Waals surface area contributed by atoms with Crippen molar-refractivity contribution in [1.82, 2.24) is 14.6 Å². The monoisotopic (exact) mass is 562 g/mol. The van der Waals surface area contributed by atoms with Gasteiger partial charge < -0.3 is 10.6 Å².